The molecule has 0 bridgehead atoms. The zero-order valence-electron chi connectivity index (χ0n) is 41.2. The van der Waals surface area contributed by atoms with Crippen LogP contribution < -0.4 is 31.6 Å². The Kier molecular flexibility index (Phi) is 10.8. The summed E-state index contributed by atoms with van der Waals surface area (Å²) in [6.45, 7) is 16.1. The largest absolute Gasteiger partial charge is 0.474 e. The van der Waals surface area contributed by atoms with Gasteiger partial charge in [0.1, 0.15) is 47.7 Å². The lowest BCUT2D eigenvalue weighted by molar-refractivity contribution is 0.00790. The number of hydrogen-bond acceptors (Lipinski definition) is 16. The van der Waals surface area contributed by atoms with E-state index >= 15 is 0 Å². The first-order chi connectivity index (χ1) is 33.3. The number of carbonyl (C=O) groups is 2. The van der Waals surface area contributed by atoms with Gasteiger partial charge in [0, 0.05) is 46.7 Å². The molecule has 16 nitrogen and oxygen atoms in total. The molecule has 12 rings (SSSR count). The van der Waals surface area contributed by atoms with Crippen LogP contribution in [0.5, 0.6) is 11.8 Å². The van der Waals surface area contributed by atoms with Crippen molar-refractivity contribution in [3.05, 3.63) is 94.8 Å². The number of cyclic esters (lactones) is 2. The minimum absolute atomic E-state index is 0.235. The third-order valence-corrected chi connectivity index (χ3v) is 15.7. The molecule has 6 aliphatic rings. The molecule has 4 saturated carbocycles. The van der Waals surface area contributed by atoms with Gasteiger partial charge in [-0.05, 0) is 149 Å². The maximum Gasteiger partial charge on any atom is 0.340 e. The van der Waals surface area contributed by atoms with Crippen LogP contribution in [0, 0.1) is 11.8 Å². The van der Waals surface area contributed by atoms with Crippen LogP contribution in [0.2, 0.25) is 0 Å². The number of fused-ring (bicyclic) bond motifs is 4. The van der Waals surface area contributed by atoms with E-state index in [9.17, 15) is 9.59 Å². The molecule has 0 aromatic carbocycles. The van der Waals surface area contributed by atoms with Gasteiger partial charge in [-0.3, -0.25) is 0 Å². The van der Waals surface area contributed by atoms with Crippen LogP contribution in [0.25, 0.3) is 21.5 Å². The van der Waals surface area contributed by atoms with Gasteiger partial charge in [0.15, 0.2) is 0 Å². The fourth-order valence-corrected chi connectivity index (χ4v) is 9.66. The predicted molar refractivity (Wildman–Crippen MR) is 266 cm³/mol. The molecule has 0 amide bonds. The van der Waals surface area contributed by atoms with Crippen LogP contribution in [0.4, 0.5) is 23.3 Å². The summed E-state index contributed by atoms with van der Waals surface area (Å²) in [5.74, 6) is 3.96. The Morgan fingerprint density at radius 1 is 0.557 bits per heavy atom. The summed E-state index contributed by atoms with van der Waals surface area (Å²) in [5, 5.41) is 10.4. The molecule has 4 atom stereocenters. The van der Waals surface area contributed by atoms with Gasteiger partial charge < -0.3 is 41.0 Å². The van der Waals surface area contributed by atoms with Crippen LogP contribution in [0.15, 0.2) is 61.2 Å². The van der Waals surface area contributed by atoms with Crippen molar-refractivity contribution >= 4 is 56.8 Å². The molecule has 6 aromatic rings. The number of nitrogens with zero attached hydrogens (tertiary/aromatic N) is 6. The van der Waals surface area contributed by atoms with Gasteiger partial charge in [-0.15, -0.1) is 0 Å². The second-order valence-corrected chi connectivity index (χ2v) is 21.9. The molecule has 6 N–H and O–H groups in total. The Bertz CT molecular complexity index is 2900. The van der Waals surface area contributed by atoms with Crippen LogP contribution >= 0.6 is 0 Å². The third kappa shape index (κ3) is 8.41. The molecule has 364 valence electrons. The smallest absolute Gasteiger partial charge is 0.340 e. The average Bonchev–Trinajstić information content (AvgIpc) is 4.11. The zero-order chi connectivity index (χ0) is 49.1. The number of hydrogen-bond donors (Lipinski definition) is 4. The first-order valence-corrected chi connectivity index (χ1v) is 24.8. The molecule has 8 heterocycles. The van der Waals surface area contributed by atoms with Crippen molar-refractivity contribution in [1.82, 2.24) is 29.9 Å². The van der Waals surface area contributed by atoms with Gasteiger partial charge >= 0.3 is 11.9 Å². The minimum atomic E-state index is -0.480. The van der Waals surface area contributed by atoms with E-state index in [0.29, 0.717) is 58.0 Å². The van der Waals surface area contributed by atoms with E-state index in [0.717, 1.165) is 95.4 Å². The van der Waals surface area contributed by atoms with Crippen molar-refractivity contribution in [1.29, 1.82) is 0 Å². The normalized spacial score (nSPS) is 22.8. The highest BCUT2D eigenvalue weighted by Gasteiger charge is 2.45. The van der Waals surface area contributed by atoms with E-state index in [-0.39, 0.29) is 36.4 Å². The van der Waals surface area contributed by atoms with Gasteiger partial charge in [-0.25, -0.2) is 39.5 Å². The predicted octanol–water partition coefficient (Wildman–Crippen LogP) is 9.46. The van der Waals surface area contributed by atoms with E-state index in [1.54, 1.807) is 36.7 Å². The number of esters is 2. The number of pyridine rings is 6. The second kappa shape index (κ2) is 16.5. The number of carbonyl (C=O) groups excluding carboxylic acids is 2. The Balaban J connectivity index is 0.000000152. The molecular formula is C54H62N10O6. The molecule has 16 heteroatoms. The standard InChI is InChI=1S/2C27H31N5O3/c2*1-14-26(2,3)23-17(25(33)34-14)9-10-21(32-23)31-22-11-18-19(12-29-22)24(35-16-7-8-16)30-13-20(18)27(4,28)15-5-6-15/h2*9-16H,5-8,28H2,1-4H3,(H,29,31,32)/t14-,27+;14-,27-/m01/s1. The maximum absolute atomic E-state index is 12.4. The summed E-state index contributed by atoms with van der Waals surface area (Å²) in [6, 6.07) is 11.1. The van der Waals surface area contributed by atoms with Crippen LogP contribution in [-0.2, 0) is 31.4 Å². The first-order valence-electron chi connectivity index (χ1n) is 24.8. The SMILES string of the molecule is C[C@@H]1OC(=O)c2ccc(Nc3cc4c([C@](C)(N)C5CC5)cnc(OC5CC5)c4cn3)nc2C1(C)C.C[C@H]1OC(=O)c2ccc(Nc3cc4c([C@](C)(N)C5CC5)cnc(OC5CC5)c4cn3)nc2C1(C)C. The molecule has 0 unspecified atom stereocenters. The van der Waals surface area contributed by atoms with E-state index in [2.05, 4.69) is 44.4 Å². The highest BCUT2D eigenvalue weighted by molar-refractivity contribution is 5.95. The van der Waals surface area contributed by atoms with E-state index < -0.39 is 21.9 Å². The van der Waals surface area contributed by atoms with Crippen molar-refractivity contribution in [3.63, 3.8) is 0 Å². The Morgan fingerprint density at radius 2 is 0.943 bits per heavy atom. The molecule has 0 radical (unpaired) electrons. The summed E-state index contributed by atoms with van der Waals surface area (Å²) in [6.07, 6.45) is 16.0. The number of rotatable bonds is 12. The number of aromatic nitrogens is 6. The quantitative estimate of drug-likeness (QED) is 0.0838. The Labute approximate surface area is 407 Å². The number of nitrogens with two attached hydrogens (primary N) is 2. The van der Waals surface area contributed by atoms with Gasteiger partial charge in [0.2, 0.25) is 11.8 Å². The number of ether oxygens (including phenoxy) is 4. The minimum Gasteiger partial charge on any atom is -0.474 e. The summed E-state index contributed by atoms with van der Waals surface area (Å²) < 4.78 is 23.2. The van der Waals surface area contributed by atoms with E-state index in [1.165, 1.54) is 0 Å². The maximum atomic E-state index is 12.4. The molecule has 2 aliphatic heterocycles. The van der Waals surface area contributed by atoms with Gasteiger partial charge in [-0.1, -0.05) is 27.7 Å². The van der Waals surface area contributed by atoms with E-state index in [4.69, 9.17) is 40.4 Å². The molecule has 4 fully saturated rings. The molecule has 0 saturated heterocycles. The molecule has 70 heavy (non-hydrogen) atoms. The Morgan fingerprint density at radius 3 is 1.30 bits per heavy atom. The zero-order valence-corrected chi connectivity index (χ0v) is 41.2. The highest BCUT2D eigenvalue weighted by atomic mass is 16.6. The topological polar surface area (TPSA) is 224 Å². The van der Waals surface area contributed by atoms with Crippen molar-refractivity contribution in [3.8, 4) is 11.8 Å². The van der Waals surface area contributed by atoms with Gasteiger partial charge in [0.05, 0.1) is 33.3 Å². The summed E-state index contributed by atoms with van der Waals surface area (Å²) in [5.41, 5.74) is 16.3. The van der Waals surface area contributed by atoms with Crippen molar-refractivity contribution < 1.29 is 28.5 Å². The fourth-order valence-electron chi connectivity index (χ4n) is 9.66. The lowest BCUT2D eigenvalue weighted by atomic mass is 9.79. The van der Waals surface area contributed by atoms with Crippen molar-refractivity contribution in [2.75, 3.05) is 10.6 Å². The Hall–Kier alpha value is -6.52. The second-order valence-electron chi connectivity index (χ2n) is 21.9. The molecule has 0 spiro atoms. The van der Waals surface area contributed by atoms with Gasteiger partial charge in [0.25, 0.3) is 0 Å². The number of anilines is 4. The van der Waals surface area contributed by atoms with Crippen molar-refractivity contribution in [2.45, 2.75) is 153 Å². The first kappa shape index (κ1) is 45.9. The number of nitrogens with one attached hydrogen (secondary N) is 2. The summed E-state index contributed by atoms with van der Waals surface area (Å²) in [7, 11) is 0. The summed E-state index contributed by atoms with van der Waals surface area (Å²) in [4.78, 5) is 52.9. The van der Waals surface area contributed by atoms with Crippen LogP contribution in [0.3, 0.4) is 0 Å². The van der Waals surface area contributed by atoms with E-state index in [1.807, 2.05) is 66.1 Å². The van der Waals surface area contributed by atoms with Crippen LogP contribution in [0.1, 0.15) is 150 Å². The molecule has 6 aromatic heterocycles. The average molecular weight is 947 g/mol. The lowest BCUT2D eigenvalue weighted by Gasteiger charge is -2.36. The third-order valence-electron chi connectivity index (χ3n) is 15.7. The summed E-state index contributed by atoms with van der Waals surface area (Å²) >= 11 is 0. The van der Waals surface area contributed by atoms with Crippen molar-refractivity contribution in [2.24, 2.45) is 23.3 Å². The fraction of sp³-hybridized carbons (Fsp3) is 0.481. The molecular weight excluding hydrogens is 885 g/mol. The van der Waals surface area contributed by atoms with Crippen LogP contribution in [-0.4, -0.2) is 66.3 Å². The monoisotopic (exact) mass is 946 g/mol. The molecule has 4 aliphatic carbocycles. The van der Waals surface area contributed by atoms with Gasteiger partial charge in [-0.2, -0.15) is 0 Å². The highest BCUT2D eigenvalue weighted by Crippen LogP contribution is 2.48. The lowest BCUT2D eigenvalue weighted by Crippen LogP contribution is -2.42.